The van der Waals surface area contributed by atoms with Gasteiger partial charge in [0, 0.05) is 30.6 Å². The lowest BCUT2D eigenvalue weighted by Gasteiger charge is -2.64. The summed E-state index contributed by atoms with van der Waals surface area (Å²) < 4.78 is 16.6. The van der Waals surface area contributed by atoms with E-state index in [2.05, 4.69) is 56.0 Å². The minimum absolute atomic E-state index is 0.157. The fourth-order valence-electron chi connectivity index (χ4n) is 10.1. The Bertz CT molecular complexity index is 1240. The van der Waals surface area contributed by atoms with E-state index in [1.54, 1.807) is 21.3 Å². The normalized spacial score (nSPS) is 36.9. The minimum atomic E-state index is 0.157. The van der Waals surface area contributed by atoms with Crippen molar-refractivity contribution in [2.24, 2.45) is 34.5 Å². The average Bonchev–Trinajstić information content (AvgIpc) is 3.33. The standard InChI is InChI=1S/C35H47NO4/c1-22-19-31-35(3,18-16-32(37)36(31)21-24-9-12-26(39-5)20-30(24)40-6)29-15-17-34(2)27(13-14-28(34)33(22)29)23-7-10-25(38-4)11-8-23/h7-12,20,22,27-29,31,33H,13-19,21H2,1-6H3/t22-,27+,28?,29?,31?,33?,34+,35+/m0/s1. The summed E-state index contributed by atoms with van der Waals surface area (Å²) >= 11 is 0. The molecule has 40 heavy (non-hydrogen) atoms. The van der Waals surface area contributed by atoms with Crippen LogP contribution in [0.3, 0.4) is 0 Å². The summed E-state index contributed by atoms with van der Waals surface area (Å²) in [6.45, 7) is 8.24. The van der Waals surface area contributed by atoms with Crippen molar-refractivity contribution in [2.45, 2.75) is 84.2 Å². The Hall–Kier alpha value is -2.69. The first kappa shape index (κ1) is 27.5. The van der Waals surface area contributed by atoms with Gasteiger partial charge in [0.1, 0.15) is 17.2 Å². The largest absolute Gasteiger partial charge is 0.497 e. The molecule has 5 nitrogen and oxygen atoms in total. The molecule has 0 bridgehead atoms. The highest BCUT2D eigenvalue weighted by atomic mass is 16.5. The van der Waals surface area contributed by atoms with Crippen LogP contribution in [0, 0.1) is 34.5 Å². The van der Waals surface area contributed by atoms with E-state index in [1.807, 2.05) is 12.1 Å². The van der Waals surface area contributed by atoms with Gasteiger partial charge in [-0.05, 0) is 109 Å². The van der Waals surface area contributed by atoms with E-state index < -0.39 is 0 Å². The summed E-state index contributed by atoms with van der Waals surface area (Å²) in [6.07, 6.45) is 7.93. The quantitative estimate of drug-likeness (QED) is 0.378. The van der Waals surface area contributed by atoms with Crippen molar-refractivity contribution in [1.82, 2.24) is 4.90 Å². The third-order valence-electron chi connectivity index (χ3n) is 12.1. The smallest absolute Gasteiger partial charge is 0.223 e. The number of nitrogens with zero attached hydrogens (tertiary/aromatic N) is 1. The van der Waals surface area contributed by atoms with Gasteiger partial charge in [-0.2, -0.15) is 0 Å². The molecular formula is C35H47NO4. The summed E-state index contributed by atoms with van der Waals surface area (Å²) in [7, 11) is 5.12. The summed E-state index contributed by atoms with van der Waals surface area (Å²) in [4.78, 5) is 15.7. The molecule has 3 saturated carbocycles. The van der Waals surface area contributed by atoms with Crippen molar-refractivity contribution >= 4 is 5.91 Å². The molecular weight excluding hydrogens is 498 g/mol. The maximum absolute atomic E-state index is 13.5. The second kappa shape index (κ2) is 10.3. The highest BCUT2D eigenvalue weighted by Crippen LogP contribution is 2.69. The molecule has 1 amide bonds. The van der Waals surface area contributed by atoms with Crippen LogP contribution in [0.25, 0.3) is 0 Å². The Morgan fingerprint density at radius 3 is 2.25 bits per heavy atom. The molecule has 1 heterocycles. The van der Waals surface area contributed by atoms with E-state index in [0.29, 0.717) is 42.0 Å². The first-order chi connectivity index (χ1) is 19.2. The van der Waals surface area contributed by atoms with E-state index in [0.717, 1.165) is 47.5 Å². The zero-order valence-corrected chi connectivity index (χ0v) is 25.2. The van der Waals surface area contributed by atoms with Crippen molar-refractivity contribution in [3.05, 3.63) is 53.6 Å². The number of piperidine rings is 1. The predicted octanol–water partition coefficient (Wildman–Crippen LogP) is 7.48. The molecule has 4 fully saturated rings. The topological polar surface area (TPSA) is 48.0 Å². The first-order valence-electron chi connectivity index (χ1n) is 15.4. The SMILES string of the molecule is COc1ccc([C@H]2CCC3C4C(CC[C@@]32C)[C@@]2(C)CCC(=O)N(Cc3ccc(OC)cc3OC)C2C[C@@H]4C)cc1. The third-order valence-corrected chi connectivity index (χ3v) is 12.1. The van der Waals surface area contributed by atoms with Crippen LogP contribution in [0.1, 0.15) is 82.8 Å². The van der Waals surface area contributed by atoms with Gasteiger partial charge >= 0.3 is 0 Å². The van der Waals surface area contributed by atoms with Gasteiger partial charge in [0.2, 0.25) is 5.91 Å². The van der Waals surface area contributed by atoms with Crippen LogP contribution in [0.2, 0.25) is 0 Å². The van der Waals surface area contributed by atoms with Gasteiger partial charge in [-0.1, -0.05) is 32.9 Å². The number of fused-ring (bicyclic) bond motifs is 5. The second-order valence-corrected chi connectivity index (χ2v) is 13.7. The molecule has 216 valence electrons. The number of ether oxygens (including phenoxy) is 3. The van der Waals surface area contributed by atoms with Crippen LogP contribution >= 0.6 is 0 Å². The number of amides is 1. The molecule has 0 aromatic heterocycles. The lowest BCUT2D eigenvalue weighted by Crippen LogP contribution is -2.63. The Balaban J connectivity index is 1.28. The number of likely N-dealkylation sites (tertiary alicyclic amines) is 1. The molecule has 0 spiro atoms. The monoisotopic (exact) mass is 545 g/mol. The van der Waals surface area contributed by atoms with Gasteiger partial charge < -0.3 is 19.1 Å². The number of methoxy groups -OCH3 is 3. The number of rotatable bonds is 6. The molecule has 0 radical (unpaired) electrons. The number of hydrogen-bond acceptors (Lipinski definition) is 4. The van der Waals surface area contributed by atoms with Crippen LogP contribution in [0.15, 0.2) is 42.5 Å². The Morgan fingerprint density at radius 1 is 0.850 bits per heavy atom. The van der Waals surface area contributed by atoms with Crippen molar-refractivity contribution in [3.63, 3.8) is 0 Å². The molecule has 0 N–H and O–H groups in total. The highest BCUT2D eigenvalue weighted by Gasteiger charge is 2.63. The molecule has 8 atom stereocenters. The summed E-state index contributed by atoms with van der Waals surface area (Å²) in [5.41, 5.74) is 3.04. The van der Waals surface area contributed by atoms with Crippen LogP contribution in [0.4, 0.5) is 0 Å². The van der Waals surface area contributed by atoms with E-state index in [9.17, 15) is 4.79 Å². The zero-order valence-electron chi connectivity index (χ0n) is 25.2. The van der Waals surface area contributed by atoms with Gasteiger partial charge in [-0.3, -0.25) is 4.79 Å². The third kappa shape index (κ3) is 4.21. The summed E-state index contributed by atoms with van der Waals surface area (Å²) in [5, 5.41) is 0. The minimum Gasteiger partial charge on any atom is -0.497 e. The number of benzene rings is 2. The lowest BCUT2D eigenvalue weighted by molar-refractivity contribution is -0.170. The van der Waals surface area contributed by atoms with Crippen LogP contribution < -0.4 is 14.2 Å². The van der Waals surface area contributed by atoms with E-state index in [-0.39, 0.29) is 11.5 Å². The van der Waals surface area contributed by atoms with Gasteiger partial charge in [0.15, 0.2) is 0 Å². The van der Waals surface area contributed by atoms with Crippen molar-refractivity contribution in [1.29, 1.82) is 0 Å². The Kier molecular flexibility index (Phi) is 7.07. The molecule has 2 aromatic carbocycles. The highest BCUT2D eigenvalue weighted by molar-refractivity contribution is 5.78. The first-order valence-corrected chi connectivity index (χ1v) is 15.4. The molecule has 1 aliphatic heterocycles. The zero-order chi connectivity index (χ0) is 28.2. The lowest BCUT2D eigenvalue weighted by atomic mass is 9.44. The molecule has 4 unspecified atom stereocenters. The Labute approximate surface area is 240 Å². The summed E-state index contributed by atoms with van der Waals surface area (Å²) in [5.74, 6) is 6.18. The van der Waals surface area contributed by atoms with Crippen molar-refractivity contribution in [2.75, 3.05) is 21.3 Å². The van der Waals surface area contributed by atoms with E-state index in [1.165, 1.54) is 31.2 Å². The maximum Gasteiger partial charge on any atom is 0.223 e. The van der Waals surface area contributed by atoms with E-state index >= 15 is 0 Å². The maximum atomic E-state index is 13.5. The van der Waals surface area contributed by atoms with Gasteiger partial charge in [0.05, 0.1) is 21.3 Å². The molecule has 5 heteroatoms. The van der Waals surface area contributed by atoms with E-state index in [4.69, 9.17) is 14.2 Å². The molecule has 1 saturated heterocycles. The molecule has 4 aliphatic rings. The number of carbonyl (C=O) groups excluding carboxylic acids is 1. The molecule has 6 rings (SSSR count). The number of carbonyl (C=O) groups is 1. The van der Waals surface area contributed by atoms with Gasteiger partial charge in [0.25, 0.3) is 0 Å². The Morgan fingerprint density at radius 2 is 1.55 bits per heavy atom. The van der Waals surface area contributed by atoms with Crippen LogP contribution in [-0.2, 0) is 11.3 Å². The molecule has 3 aliphatic carbocycles. The molecule has 2 aromatic rings. The fourth-order valence-corrected chi connectivity index (χ4v) is 10.1. The van der Waals surface area contributed by atoms with Crippen molar-refractivity contribution in [3.8, 4) is 17.2 Å². The fraction of sp³-hybridized carbons (Fsp3) is 0.629. The summed E-state index contributed by atoms with van der Waals surface area (Å²) in [6, 6.07) is 15.1. The van der Waals surface area contributed by atoms with Crippen LogP contribution in [0.5, 0.6) is 17.2 Å². The van der Waals surface area contributed by atoms with Crippen LogP contribution in [-0.4, -0.2) is 38.2 Å². The van der Waals surface area contributed by atoms with Gasteiger partial charge in [-0.25, -0.2) is 0 Å². The van der Waals surface area contributed by atoms with Gasteiger partial charge in [-0.15, -0.1) is 0 Å². The second-order valence-electron chi connectivity index (χ2n) is 13.7. The average molecular weight is 546 g/mol. The number of hydrogen-bond donors (Lipinski definition) is 0. The predicted molar refractivity (Wildman–Crippen MR) is 158 cm³/mol. The van der Waals surface area contributed by atoms with Crippen molar-refractivity contribution < 1.29 is 19.0 Å².